The van der Waals surface area contributed by atoms with Crippen molar-refractivity contribution in [1.29, 1.82) is 0 Å². The topological polar surface area (TPSA) is 78.9 Å². The average Bonchev–Trinajstić information content (AvgIpc) is 2.32. The highest BCUT2D eigenvalue weighted by molar-refractivity contribution is 5.74. The van der Waals surface area contributed by atoms with Crippen LogP contribution < -0.4 is 5.32 Å². The molecular formula is C13H26N2O4. The molecule has 0 heterocycles. The Hall–Kier alpha value is -1.30. The van der Waals surface area contributed by atoms with Crippen LogP contribution in [0.4, 0.5) is 4.79 Å². The molecule has 6 heteroatoms. The molecule has 1 atom stereocenters. The molecular weight excluding hydrogens is 248 g/mol. The summed E-state index contributed by atoms with van der Waals surface area (Å²) in [4.78, 5) is 23.9. The number of likely N-dealkylation sites (N-methyl/N-ethyl adjacent to an activating group) is 1. The van der Waals surface area contributed by atoms with Crippen molar-refractivity contribution in [2.24, 2.45) is 5.92 Å². The minimum Gasteiger partial charge on any atom is -0.481 e. The molecule has 19 heavy (non-hydrogen) atoms. The Labute approximate surface area is 115 Å². The smallest absolute Gasteiger partial charge is 0.317 e. The zero-order chi connectivity index (χ0) is 14.8. The largest absolute Gasteiger partial charge is 0.481 e. The fourth-order valence-corrected chi connectivity index (χ4v) is 1.50. The van der Waals surface area contributed by atoms with Crippen molar-refractivity contribution < 1.29 is 19.4 Å². The van der Waals surface area contributed by atoms with Crippen molar-refractivity contribution in [2.45, 2.75) is 39.7 Å². The van der Waals surface area contributed by atoms with E-state index in [2.05, 4.69) is 5.32 Å². The third-order valence-electron chi connectivity index (χ3n) is 2.81. The summed E-state index contributed by atoms with van der Waals surface area (Å²) in [5, 5.41) is 11.5. The minimum atomic E-state index is -0.834. The lowest BCUT2D eigenvalue weighted by atomic mass is 10.0. The molecule has 0 aliphatic carbocycles. The SMILES string of the molecule is CCC(CNC(=O)N(C)CCOC(C)C)CC(=O)O. The quantitative estimate of drug-likeness (QED) is 0.668. The Morgan fingerprint density at radius 3 is 2.47 bits per heavy atom. The van der Waals surface area contributed by atoms with Crippen LogP contribution >= 0.6 is 0 Å². The monoisotopic (exact) mass is 274 g/mol. The number of hydrogen-bond donors (Lipinski definition) is 2. The fourth-order valence-electron chi connectivity index (χ4n) is 1.50. The van der Waals surface area contributed by atoms with E-state index in [-0.39, 0.29) is 24.5 Å². The summed E-state index contributed by atoms with van der Waals surface area (Å²) in [7, 11) is 1.69. The Balaban J connectivity index is 3.91. The lowest BCUT2D eigenvalue weighted by Gasteiger charge is -2.20. The third-order valence-corrected chi connectivity index (χ3v) is 2.81. The summed E-state index contributed by atoms with van der Waals surface area (Å²) in [5.74, 6) is -0.860. The van der Waals surface area contributed by atoms with Crippen molar-refractivity contribution >= 4 is 12.0 Å². The van der Waals surface area contributed by atoms with E-state index in [1.54, 1.807) is 7.05 Å². The van der Waals surface area contributed by atoms with Crippen LogP contribution in [0.3, 0.4) is 0 Å². The second kappa shape index (κ2) is 9.61. The average molecular weight is 274 g/mol. The molecule has 0 radical (unpaired) electrons. The van der Waals surface area contributed by atoms with Gasteiger partial charge in [-0.05, 0) is 19.8 Å². The summed E-state index contributed by atoms with van der Waals surface area (Å²) < 4.78 is 5.36. The molecule has 0 bridgehead atoms. The van der Waals surface area contributed by atoms with Gasteiger partial charge in [-0.15, -0.1) is 0 Å². The van der Waals surface area contributed by atoms with Crippen LogP contribution in [-0.2, 0) is 9.53 Å². The first-order chi connectivity index (χ1) is 8.86. The summed E-state index contributed by atoms with van der Waals surface area (Å²) in [6.07, 6.45) is 0.959. The van der Waals surface area contributed by atoms with Crippen LogP contribution in [0.2, 0.25) is 0 Å². The number of amides is 2. The molecule has 0 aromatic rings. The van der Waals surface area contributed by atoms with Gasteiger partial charge in [0.2, 0.25) is 0 Å². The van der Waals surface area contributed by atoms with Gasteiger partial charge in [-0.2, -0.15) is 0 Å². The van der Waals surface area contributed by atoms with Crippen LogP contribution in [-0.4, -0.2) is 54.9 Å². The first-order valence-corrected chi connectivity index (χ1v) is 6.69. The molecule has 0 saturated carbocycles. The van der Waals surface area contributed by atoms with Crippen molar-refractivity contribution in [2.75, 3.05) is 26.7 Å². The molecule has 0 aromatic heterocycles. The van der Waals surface area contributed by atoms with Gasteiger partial charge in [-0.3, -0.25) is 4.79 Å². The molecule has 112 valence electrons. The van der Waals surface area contributed by atoms with Gasteiger partial charge in [-0.1, -0.05) is 13.3 Å². The first kappa shape index (κ1) is 17.7. The first-order valence-electron chi connectivity index (χ1n) is 6.69. The highest BCUT2D eigenvalue weighted by atomic mass is 16.5. The van der Waals surface area contributed by atoms with E-state index in [1.807, 2.05) is 20.8 Å². The van der Waals surface area contributed by atoms with Crippen LogP contribution in [0, 0.1) is 5.92 Å². The number of urea groups is 1. The maximum absolute atomic E-state index is 11.7. The van der Waals surface area contributed by atoms with Gasteiger partial charge in [0, 0.05) is 26.6 Å². The molecule has 0 fully saturated rings. The maximum Gasteiger partial charge on any atom is 0.317 e. The van der Waals surface area contributed by atoms with E-state index in [9.17, 15) is 9.59 Å². The van der Waals surface area contributed by atoms with Crippen LogP contribution in [0.25, 0.3) is 0 Å². The zero-order valence-corrected chi connectivity index (χ0v) is 12.3. The van der Waals surface area contributed by atoms with E-state index in [1.165, 1.54) is 4.90 Å². The van der Waals surface area contributed by atoms with E-state index >= 15 is 0 Å². The number of hydrogen-bond acceptors (Lipinski definition) is 3. The summed E-state index contributed by atoms with van der Waals surface area (Å²) >= 11 is 0. The number of nitrogens with zero attached hydrogens (tertiary/aromatic N) is 1. The number of carboxylic acids is 1. The van der Waals surface area contributed by atoms with E-state index in [0.717, 1.165) is 6.42 Å². The van der Waals surface area contributed by atoms with Gasteiger partial charge in [0.15, 0.2) is 0 Å². The van der Waals surface area contributed by atoms with Crippen molar-refractivity contribution in [3.05, 3.63) is 0 Å². The number of rotatable bonds is 9. The normalized spacial score (nSPS) is 12.3. The molecule has 0 rings (SSSR count). The van der Waals surface area contributed by atoms with Crippen molar-refractivity contribution in [3.63, 3.8) is 0 Å². The highest BCUT2D eigenvalue weighted by Crippen LogP contribution is 2.06. The van der Waals surface area contributed by atoms with Gasteiger partial charge in [0.25, 0.3) is 0 Å². The molecule has 0 aliphatic rings. The second-order valence-electron chi connectivity index (χ2n) is 4.90. The van der Waals surface area contributed by atoms with Crippen molar-refractivity contribution in [1.82, 2.24) is 10.2 Å². The zero-order valence-electron chi connectivity index (χ0n) is 12.3. The highest BCUT2D eigenvalue weighted by Gasteiger charge is 2.14. The Bertz CT molecular complexity index is 282. The summed E-state index contributed by atoms with van der Waals surface area (Å²) in [6.45, 7) is 7.19. The molecule has 6 nitrogen and oxygen atoms in total. The second-order valence-corrected chi connectivity index (χ2v) is 4.90. The Morgan fingerprint density at radius 2 is 2.00 bits per heavy atom. The number of carbonyl (C=O) groups is 2. The van der Waals surface area contributed by atoms with E-state index < -0.39 is 5.97 Å². The number of aliphatic carboxylic acids is 1. The number of carbonyl (C=O) groups excluding carboxylic acids is 1. The molecule has 0 aliphatic heterocycles. The predicted octanol–water partition coefficient (Wildman–Crippen LogP) is 1.55. The van der Waals surface area contributed by atoms with Crippen LogP contribution in [0.15, 0.2) is 0 Å². The summed E-state index contributed by atoms with van der Waals surface area (Å²) in [5.41, 5.74) is 0. The summed E-state index contributed by atoms with van der Waals surface area (Å²) in [6, 6.07) is -0.198. The maximum atomic E-state index is 11.7. The molecule has 0 saturated heterocycles. The molecule has 2 N–H and O–H groups in total. The number of carboxylic acid groups (broad SMARTS) is 1. The van der Waals surface area contributed by atoms with E-state index in [0.29, 0.717) is 19.7 Å². The van der Waals surface area contributed by atoms with Crippen LogP contribution in [0.1, 0.15) is 33.6 Å². The predicted molar refractivity (Wildman–Crippen MR) is 73.2 cm³/mol. The van der Waals surface area contributed by atoms with Gasteiger partial charge < -0.3 is 20.1 Å². The molecule has 2 amide bonds. The fraction of sp³-hybridized carbons (Fsp3) is 0.846. The third kappa shape index (κ3) is 9.30. The minimum absolute atomic E-state index is 0.0261. The number of nitrogens with one attached hydrogen (secondary N) is 1. The lowest BCUT2D eigenvalue weighted by molar-refractivity contribution is -0.138. The van der Waals surface area contributed by atoms with Gasteiger partial charge >= 0.3 is 12.0 Å². The standard InChI is InChI=1S/C13H26N2O4/c1-5-11(8-12(16)17)9-14-13(18)15(4)6-7-19-10(2)3/h10-11H,5-9H2,1-4H3,(H,14,18)(H,16,17). The lowest BCUT2D eigenvalue weighted by Crippen LogP contribution is -2.41. The molecule has 1 unspecified atom stereocenters. The van der Waals surface area contributed by atoms with Crippen LogP contribution in [0.5, 0.6) is 0 Å². The van der Waals surface area contributed by atoms with Gasteiger partial charge in [0.05, 0.1) is 12.7 Å². The van der Waals surface area contributed by atoms with Gasteiger partial charge in [-0.25, -0.2) is 4.79 Å². The Kier molecular flexibility index (Phi) is 8.95. The molecule has 0 spiro atoms. The van der Waals surface area contributed by atoms with Gasteiger partial charge in [0.1, 0.15) is 0 Å². The van der Waals surface area contributed by atoms with Crippen molar-refractivity contribution in [3.8, 4) is 0 Å². The van der Waals surface area contributed by atoms with E-state index in [4.69, 9.17) is 9.84 Å². The molecule has 0 aromatic carbocycles. The Morgan fingerprint density at radius 1 is 1.37 bits per heavy atom. The number of ether oxygens (including phenoxy) is 1.